The summed E-state index contributed by atoms with van der Waals surface area (Å²) in [6, 6.07) is 10.0. The highest BCUT2D eigenvalue weighted by Crippen LogP contribution is 2.38. The molecule has 0 saturated carbocycles. The van der Waals surface area contributed by atoms with Crippen LogP contribution in [0.5, 0.6) is 23.0 Å². The van der Waals surface area contributed by atoms with Crippen molar-refractivity contribution in [1.82, 2.24) is 9.97 Å². The van der Waals surface area contributed by atoms with E-state index in [0.717, 1.165) is 23.8 Å². The van der Waals surface area contributed by atoms with E-state index < -0.39 is 23.4 Å². The second-order valence-corrected chi connectivity index (χ2v) is 9.26. The average Bonchev–Trinajstić information content (AvgIpc) is 2.94. The van der Waals surface area contributed by atoms with Crippen LogP contribution < -0.4 is 36.1 Å². The zero-order chi connectivity index (χ0) is 34.6. The molecule has 0 unspecified atom stereocenters. The smallest absolute Gasteiger partial charge is 0.496 e. The van der Waals surface area contributed by atoms with Crippen molar-refractivity contribution in [3.8, 4) is 45.5 Å². The van der Waals surface area contributed by atoms with Gasteiger partial charge in [0.25, 0.3) is 0 Å². The molecule has 0 aliphatic rings. The van der Waals surface area contributed by atoms with Gasteiger partial charge in [-0.2, -0.15) is 0 Å². The molecule has 0 fully saturated rings. The molecule has 18 heteroatoms. The topological polar surface area (TPSA) is 184 Å². The lowest BCUT2D eigenvalue weighted by molar-refractivity contribution is -0.384. The maximum atomic E-state index is 12.3. The maximum Gasteiger partial charge on any atom is 0.573 e. The minimum absolute atomic E-state index is 0.0561. The van der Waals surface area contributed by atoms with E-state index in [1.165, 1.54) is 38.5 Å². The number of rotatable bonds is 7. The van der Waals surface area contributed by atoms with Crippen LogP contribution in [-0.4, -0.2) is 41.8 Å². The lowest BCUT2D eigenvalue weighted by Gasteiger charge is -2.14. The number of nitrogens with zero attached hydrogens (tertiary/aromatic N) is 3. The summed E-state index contributed by atoms with van der Waals surface area (Å²) in [7, 11) is 2.60. The van der Waals surface area contributed by atoms with Crippen LogP contribution in [0, 0.1) is 24.0 Å². The van der Waals surface area contributed by atoms with Gasteiger partial charge in [-0.25, -0.2) is 9.97 Å². The van der Waals surface area contributed by atoms with E-state index in [-0.39, 0.29) is 40.3 Å². The second kappa shape index (κ2) is 13.5. The van der Waals surface area contributed by atoms with Crippen LogP contribution in [0.1, 0.15) is 11.1 Å². The zero-order valence-corrected chi connectivity index (χ0v) is 24.4. The van der Waals surface area contributed by atoms with Crippen molar-refractivity contribution in [2.24, 2.45) is 0 Å². The van der Waals surface area contributed by atoms with E-state index in [4.69, 9.17) is 26.7 Å². The van der Waals surface area contributed by atoms with E-state index >= 15 is 0 Å². The standard InChI is InChI=1S/C14H12F3N3O4.C14H14F3N3O2/c1-7-5-10(20(21)22)13(18)19-12(7)9-4-3-8(6-11(9)23-2)24-14(15,16)17;1-7-5-10(18)13(19)20-12(7)9-4-3-8(6-11(9)21-2)22-14(15,16)17/h3-6H,1-2H3,(H2,18,19);3-6H,18H2,1-2H3,(H2,19,20). The van der Waals surface area contributed by atoms with Crippen molar-refractivity contribution in [2.75, 3.05) is 31.4 Å². The molecule has 0 saturated heterocycles. The summed E-state index contributed by atoms with van der Waals surface area (Å²) in [5, 5.41) is 10.9. The third-order valence-electron chi connectivity index (χ3n) is 6.02. The van der Waals surface area contributed by atoms with Gasteiger partial charge in [0.1, 0.15) is 28.8 Å². The Labute approximate surface area is 256 Å². The minimum atomic E-state index is -4.83. The predicted octanol–water partition coefficient (Wildman–Crippen LogP) is 6.58. The van der Waals surface area contributed by atoms with Crippen molar-refractivity contribution >= 4 is 23.0 Å². The Morgan fingerprint density at radius 2 is 1.11 bits per heavy atom. The summed E-state index contributed by atoms with van der Waals surface area (Å²) in [5.74, 6) is -0.775. The molecule has 4 rings (SSSR count). The van der Waals surface area contributed by atoms with Crippen LogP contribution >= 0.6 is 0 Å². The van der Waals surface area contributed by atoms with E-state index in [0.29, 0.717) is 28.1 Å². The van der Waals surface area contributed by atoms with Crippen LogP contribution in [0.15, 0.2) is 48.5 Å². The number of nitro groups is 1. The average molecular weight is 657 g/mol. The number of alkyl halides is 6. The molecule has 0 aliphatic heterocycles. The molecule has 246 valence electrons. The fourth-order valence-electron chi connectivity index (χ4n) is 4.08. The normalized spacial score (nSPS) is 11.3. The molecule has 12 nitrogen and oxygen atoms in total. The number of hydrogen-bond donors (Lipinski definition) is 3. The van der Waals surface area contributed by atoms with Crippen LogP contribution in [0.4, 0.5) is 49.4 Å². The SMILES string of the molecule is COc1cc(OC(F)(F)F)ccc1-c1nc(N)c(N)cc1C.COc1cc(OC(F)(F)F)ccc1-c1nc(N)c([N+](=O)[O-])cc1C. The first-order valence-corrected chi connectivity index (χ1v) is 12.7. The molecule has 0 amide bonds. The van der Waals surface area contributed by atoms with Crippen molar-refractivity contribution in [2.45, 2.75) is 26.6 Å². The summed E-state index contributed by atoms with van der Waals surface area (Å²) >= 11 is 0. The zero-order valence-electron chi connectivity index (χ0n) is 24.4. The molecular weight excluding hydrogens is 630 g/mol. The van der Waals surface area contributed by atoms with Gasteiger partial charge in [-0.15, -0.1) is 26.3 Å². The third-order valence-corrected chi connectivity index (χ3v) is 6.02. The van der Waals surface area contributed by atoms with Gasteiger partial charge in [-0.05, 0) is 55.3 Å². The number of pyridine rings is 2. The molecule has 0 spiro atoms. The van der Waals surface area contributed by atoms with Crippen molar-refractivity contribution in [3.05, 3.63) is 69.8 Å². The molecule has 0 aliphatic carbocycles. The quantitative estimate of drug-likeness (QED) is 0.111. The fraction of sp³-hybridized carbons (Fsp3) is 0.214. The van der Waals surface area contributed by atoms with Gasteiger partial charge >= 0.3 is 18.4 Å². The molecule has 2 heterocycles. The Bertz CT molecular complexity index is 1750. The van der Waals surface area contributed by atoms with Crippen LogP contribution in [0.3, 0.4) is 0 Å². The summed E-state index contributed by atoms with van der Waals surface area (Å²) < 4.78 is 91.5. The number of benzene rings is 2. The van der Waals surface area contributed by atoms with E-state index in [1.54, 1.807) is 19.9 Å². The summed E-state index contributed by atoms with van der Waals surface area (Å²) in [6.07, 6.45) is -9.61. The predicted molar refractivity (Wildman–Crippen MR) is 155 cm³/mol. The van der Waals surface area contributed by atoms with E-state index in [2.05, 4.69) is 19.4 Å². The second-order valence-electron chi connectivity index (χ2n) is 9.26. The number of aromatic nitrogens is 2. The van der Waals surface area contributed by atoms with Gasteiger partial charge < -0.3 is 36.1 Å². The summed E-state index contributed by atoms with van der Waals surface area (Å²) in [6.45, 7) is 3.33. The third kappa shape index (κ3) is 8.70. The Balaban J connectivity index is 0.000000251. The number of nitrogen functional groups attached to an aromatic ring is 3. The number of hydrogen-bond acceptors (Lipinski definition) is 11. The van der Waals surface area contributed by atoms with Gasteiger partial charge in [0.05, 0.1) is 36.2 Å². The van der Waals surface area contributed by atoms with E-state index in [9.17, 15) is 36.5 Å². The number of anilines is 3. The Morgan fingerprint density at radius 3 is 1.50 bits per heavy atom. The van der Waals surface area contributed by atoms with Gasteiger partial charge in [-0.3, -0.25) is 10.1 Å². The lowest BCUT2D eigenvalue weighted by atomic mass is 10.0. The highest BCUT2D eigenvalue weighted by atomic mass is 19.4. The van der Waals surface area contributed by atoms with Gasteiger partial charge in [0.2, 0.25) is 5.82 Å². The minimum Gasteiger partial charge on any atom is -0.496 e. The van der Waals surface area contributed by atoms with Crippen molar-refractivity contribution in [1.29, 1.82) is 0 Å². The fourth-order valence-corrected chi connectivity index (χ4v) is 4.08. The summed E-state index contributed by atoms with van der Waals surface area (Å²) in [5.41, 5.74) is 19.6. The molecule has 0 bridgehead atoms. The Kier molecular flexibility index (Phi) is 10.2. The number of aryl methyl sites for hydroxylation is 2. The van der Waals surface area contributed by atoms with E-state index in [1.807, 2.05) is 0 Å². The number of ether oxygens (including phenoxy) is 4. The molecule has 6 N–H and O–H groups in total. The van der Waals surface area contributed by atoms with Gasteiger partial charge in [0.15, 0.2) is 0 Å². The highest BCUT2D eigenvalue weighted by molar-refractivity contribution is 5.76. The van der Waals surface area contributed by atoms with Crippen LogP contribution in [0.2, 0.25) is 0 Å². The van der Waals surface area contributed by atoms with Gasteiger partial charge in [0, 0.05) is 29.3 Å². The summed E-state index contributed by atoms with van der Waals surface area (Å²) in [4.78, 5) is 18.3. The molecule has 0 radical (unpaired) electrons. The number of methoxy groups -OCH3 is 2. The molecule has 4 aromatic rings. The Morgan fingerprint density at radius 1 is 0.696 bits per heavy atom. The van der Waals surface area contributed by atoms with Crippen molar-refractivity contribution < 1.29 is 50.2 Å². The highest BCUT2D eigenvalue weighted by Gasteiger charge is 2.32. The molecule has 2 aromatic heterocycles. The largest absolute Gasteiger partial charge is 0.573 e. The Hall–Kier alpha value is -5.68. The monoisotopic (exact) mass is 656 g/mol. The molecule has 46 heavy (non-hydrogen) atoms. The number of halogens is 6. The molecule has 0 atom stereocenters. The first-order chi connectivity index (χ1) is 21.3. The van der Waals surface area contributed by atoms with Crippen LogP contribution in [0.25, 0.3) is 22.5 Å². The lowest BCUT2D eigenvalue weighted by Crippen LogP contribution is -2.17. The molecular formula is C28H26F6N6O6. The maximum absolute atomic E-state index is 12.3. The number of nitrogens with two attached hydrogens (primary N) is 3. The van der Waals surface area contributed by atoms with Crippen molar-refractivity contribution in [3.63, 3.8) is 0 Å². The van der Waals surface area contributed by atoms with Crippen LogP contribution in [-0.2, 0) is 0 Å². The first-order valence-electron chi connectivity index (χ1n) is 12.7. The first kappa shape index (κ1) is 34.8. The molecule has 2 aromatic carbocycles. The van der Waals surface area contributed by atoms with Gasteiger partial charge in [-0.1, -0.05) is 0 Å².